The van der Waals surface area contributed by atoms with Crippen LogP contribution in [-0.2, 0) is 10.8 Å². The summed E-state index contributed by atoms with van der Waals surface area (Å²) in [6.07, 6.45) is 1.18. The predicted molar refractivity (Wildman–Crippen MR) is 288 cm³/mol. The van der Waals surface area contributed by atoms with Crippen molar-refractivity contribution < 1.29 is 0 Å². The molecule has 0 saturated carbocycles. The molecule has 12 aromatic rings. The molecule has 5 heteroatoms. The van der Waals surface area contributed by atoms with E-state index in [9.17, 15) is 0 Å². The van der Waals surface area contributed by atoms with Gasteiger partial charge < -0.3 is 4.57 Å². The average molecular weight is 890 g/mol. The van der Waals surface area contributed by atoms with E-state index in [0.29, 0.717) is 23.5 Å². The van der Waals surface area contributed by atoms with Gasteiger partial charge >= 0.3 is 0 Å². The minimum absolute atomic E-state index is 0.0669. The molecule has 5 nitrogen and oxygen atoms in total. The van der Waals surface area contributed by atoms with Gasteiger partial charge in [-0.05, 0) is 97.7 Å². The number of aromatic nitrogens is 5. The zero-order chi connectivity index (χ0) is 46.6. The monoisotopic (exact) mass is 889 g/mol. The van der Waals surface area contributed by atoms with Crippen LogP contribution in [0.3, 0.4) is 0 Å². The van der Waals surface area contributed by atoms with Crippen LogP contribution in [0.15, 0.2) is 200 Å². The van der Waals surface area contributed by atoms with Crippen LogP contribution in [-0.4, -0.2) is 24.1 Å². The Morgan fingerprint density at radius 2 is 0.986 bits per heavy atom. The van der Waals surface area contributed by atoms with Gasteiger partial charge in [0.1, 0.15) is 0 Å². The van der Waals surface area contributed by atoms with Crippen molar-refractivity contribution in [1.82, 2.24) is 24.1 Å². The zero-order valence-electron chi connectivity index (χ0n) is 39.6. The third kappa shape index (κ3) is 6.48. The van der Waals surface area contributed by atoms with E-state index in [4.69, 9.17) is 15.0 Å². The Balaban J connectivity index is 1.09. The largest absolute Gasteiger partial charge is 0.307 e. The highest BCUT2D eigenvalue weighted by Gasteiger charge is 2.42. The average Bonchev–Trinajstić information content (AvgIpc) is 3.91. The predicted octanol–water partition coefficient (Wildman–Crippen LogP) is 16.5. The number of hydrogen-bond acceptors (Lipinski definition) is 3. The third-order valence-corrected chi connectivity index (χ3v) is 15.5. The first-order valence-corrected chi connectivity index (χ1v) is 24.2. The van der Waals surface area contributed by atoms with E-state index < -0.39 is 0 Å². The summed E-state index contributed by atoms with van der Waals surface area (Å²) >= 11 is 0. The smallest absolute Gasteiger partial charge is 0.238 e. The van der Waals surface area contributed by atoms with Crippen molar-refractivity contribution in [1.29, 1.82) is 0 Å². The lowest BCUT2D eigenvalue weighted by atomic mass is 9.58. The number of para-hydroxylation sites is 2. The van der Waals surface area contributed by atoms with Gasteiger partial charge in [0.15, 0.2) is 11.6 Å². The summed E-state index contributed by atoms with van der Waals surface area (Å²) in [5, 5.41) is 6.84. The molecule has 13 rings (SSSR count). The molecule has 332 valence electrons. The second kappa shape index (κ2) is 15.4. The normalized spacial score (nSPS) is 15.3. The van der Waals surface area contributed by atoms with Crippen LogP contribution in [0.25, 0.3) is 111 Å². The summed E-state index contributed by atoms with van der Waals surface area (Å²) in [5.41, 5.74) is 15.1. The van der Waals surface area contributed by atoms with Gasteiger partial charge in [-0.3, -0.25) is 4.57 Å². The molecular formula is C64H51N5. The van der Waals surface area contributed by atoms with Crippen molar-refractivity contribution in [2.75, 3.05) is 0 Å². The van der Waals surface area contributed by atoms with Crippen LogP contribution in [0.1, 0.15) is 52.2 Å². The van der Waals surface area contributed by atoms with E-state index in [2.05, 4.69) is 244 Å². The fourth-order valence-electron chi connectivity index (χ4n) is 11.6. The van der Waals surface area contributed by atoms with Crippen molar-refractivity contribution in [2.24, 2.45) is 5.92 Å². The minimum atomic E-state index is 0.0669. The van der Waals surface area contributed by atoms with Gasteiger partial charge in [-0.2, -0.15) is 9.97 Å². The first kappa shape index (κ1) is 41.1. The fraction of sp³-hybridized carbons (Fsp3) is 0.141. The van der Waals surface area contributed by atoms with E-state index >= 15 is 0 Å². The van der Waals surface area contributed by atoms with Crippen LogP contribution in [0.2, 0.25) is 0 Å². The number of nitrogens with zero attached hydrogens (tertiary/aromatic N) is 5. The van der Waals surface area contributed by atoms with Crippen molar-refractivity contribution in [3.05, 3.63) is 211 Å². The lowest BCUT2D eigenvalue weighted by molar-refractivity contribution is 0.233. The molecule has 1 unspecified atom stereocenters. The highest BCUT2D eigenvalue weighted by molar-refractivity contribution is 6.23. The summed E-state index contributed by atoms with van der Waals surface area (Å²) in [6.45, 7) is 12.1. The van der Waals surface area contributed by atoms with E-state index in [0.717, 1.165) is 71.6 Å². The van der Waals surface area contributed by atoms with Crippen LogP contribution in [0.5, 0.6) is 0 Å². The van der Waals surface area contributed by atoms with Gasteiger partial charge in [0.05, 0.1) is 22.1 Å². The first-order chi connectivity index (χ1) is 33.6. The van der Waals surface area contributed by atoms with Crippen LogP contribution >= 0.6 is 0 Å². The number of rotatable bonds is 6. The van der Waals surface area contributed by atoms with Crippen molar-refractivity contribution >= 4 is 54.4 Å². The molecule has 0 saturated heterocycles. The second-order valence-electron chi connectivity index (χ2n) is 20.3. The van der Waals surface area contributed by atoms with Gasteiger partial charge in [0.2, 0.25) is 5.95 Å². The molecule has 0 amide bonds. The maximum Gasteiger partial charge on any atom is 0.238 e. The summed E-state index contributed by atoms with van der Waals surface area (Å²) in [5.74, 6) is 2.36. The lowest BCUT2D eigenvalue weighted by Crippen LogP contribution is -2.40. The van der Waals surface area contributed by atoms with Gasteiger partial charge in [-0.15, -0.1) is 0 Å². The molecule has 1 aliphatic rings. The van der Waals surface area contributed by atoms with Crippen molar-refractivity contribution in [3.63, 3.8) is 0 Å². The highest BCUT2D eigenvalue weighted by atomic mass is 15.2. The number of hydrogen-bond donors (Lipinski definition) is 0. The Bertz CT molecular complexity index is 4010. The number of benzene rings is 9. The van der Waals surface area contributed by atoms with Crippen LogP contribution < -0.4 is 0 Å². The fourth-order valence-corrected chi connectivity index (χ4v) is 11.6. The molecule has 69 heavy (non-hydrogen) atoms. The Hall–Kier alpha value is -8.15. The quantitative estimate of drug-likeness (QED) is 0.167. The molecule has 3 heterocycles. The molecule has 0 aliphatic heterocycles. The Morgan fingerprint density at radius 1 is 0.420 bits per heavy atom. The standard InChI is InChI=1S/C64H51N5/c1-40-39-63(2,3)54-35-32-45(38-55(54)64(40,4)5)44-23-16-25-47(37-44)68-56-30-13-11-27-49(56)51-33-34-52-50-28-12-14-31-57(50)69(59(52)58(51)68)62-66-60(46-24-15-22-43(36-46)41-18-7-6-8-19-41)65-61(67-62)53-29-17-21-42-20-9-10-26-48(42)53/h6-38,40H,39H2,1-5H3. The zero-order valence-corrected chi connectivity index (χ0v) is 39.6. The minimum Gasteiger partial charge on any atom is -0.307 e. The van der Waals surface area contributed by atoms with E-state index in [1.807, 2.05) is 0 Å². The summed E-state index contributed by atoms with van der Waals surface area (Å²) in [6, 6.07) is 72.3. The van der Waals surface area contributed by atoms with Crippen LogP contribution in [0, 0.1) is 5.92 Å². The Kier molecular flexibility index (Phi) is 9.19. The lowest BCUT2D eigenvalue weighted by Gasteiger charge is -2.46. The summed E-state index contributed by atoms with van der Waals surface area (Å²) in [4.78, 5) is 16.3. The topological polar surface area (TPSA) is 48.5 Å². The molecule has 0 radical (unpaired) electrons. The molecule has 0 spiro atoms. The van der Waals surface area contributed by atoms with E-state index in [-0.39, 0.29) is 10.8 Å². The molecule has 3 aromatic heterocycles. The van der Waals surface area contributed by atoms with Crippen molar-refractivity contribution in [3.8, 4) is 56.7 Å². The van der Waals surface area contributed by atoms with Gasteiger partial charge in [0.25, 0.3) is 0 Å². The maximum atomic E-state index is 5.51. The van der Waals surface area contributed by atoms with Gasteiger partial charge in [0, 0.05) is 38.4 Å². The molecule has 1 atom stereocenters. The molecule has 9 aromatic carbocycles. The first-order valence-electron chi connectivity index (χ1n) is 24.2. The van der Waals surface area contributed by atoms with Crippen molar-refractivity contribution in [2.45, 2.75) is 51.9 Å². The maximum absolute atomic E-state index is 5.51. The van der Waals surface area contributed by atoms with Gasteiger partial charge in [-0.25, -0.2) is 4.98 Å². The third-order valence-electron chi connectivity index (χ3n) is 15.5. The Labute approximate surface area is 402 Å². The molecule has 1 aliphatic carbocycles. The summed E-state index contributed by atoms with van der Waals surface area (Å²) in [7, 11) is 0. The van der Waals surface area contributed by atoms with E-state index in [1.54, 1.807) is 0 Å². The summed E-state index contributed by atoms with van der Waals surface area (Å²) < 4.78 is 4.76. The number of fused-ring (bicyclic) bond motifs is 9. The highest BCUT2D eigenvalue weighted by Crippen LogP contribution is 2.50. The SMILES string of the molecule is CC1CC(C)(C)c2ccc(-c3cccc(-n4c5ccccc5c5ccc6c7ccccc7n(-c7nc(-c8cccc(-c9ccccc9)c8)nc(-c8cccc9ccccc89)n7)c6c54)c3)cc2C1(C)C. The molecule has 0 N–H and O–H groups in total. The molecule has 0 bridgehead atoms. The van der Waals surface area contributed by atoms with E-state index in [1.165, 1.54) is 39.4 Å². The van der Waals surface area contributed by atoms with Gasteiger partial charge in [-0.1, -0.05) is 204 Å². The second-order valence-corrected chi connectivity index (χ2v) is 20.3. The molecular weight excluding hydrogens is 839 g/mol. The van der Waals surface area contributed by atoms with Crippen LogP contribution in [0.4, 0.5) is 0 Å². The molecule has 0 fully saturated rings. The Morgan fingerprint density at radius 3 is 1.75 bits per heavy atom.